The molecule has 2 amide bonds. The van der Waals surface area contributed by atoms with Crippen LogP contribution in [0.15, 0.2) is 48.5 Å². The molecule has 0 radical (unpaired) electrons. The van der Waals surface area contributed by atoms with Gasteiger partial charge in [0.2, 0.25) is 0 Å². The number of hydrogen-bond acceptors (Lipinski definition) is 5. The molecule has 0 aliphatic rings. The molecule has 2 rings (SSSR count). The average molecular weight is 343 g/mol. The second-order valence-electron chi connectivity index (χ2n) is 5.09. The minimum Gasteiger partial charge on any atom is -0.484 e. The molecule has 0 aromatic heterocycles. The van der Waals surface area contributed by atoms with Gasteiger partial charge in [-0.15, -0.1) is 0 Å². The second-order valence-corrected chi connectivity index (χ2v) is 5.09. The van der Waals surface area contributed by atoms with Crippen LogP contribution < -0.4 is 15.6 Å². The molecule has 0 bridgehead atoms. The number of non-ortho nitro benzene ring substituents is 1. The predicted molar refractivity (Wildman–Crippen MR) is 90.0 cm³/mol. The number of amides is 2. The van der Waals surface area contributed by atoms with Crippen LogP contribution in [0, 0.1) is 10.1 Å². The molecular weight excluding hydrogens is 326 g/mol. The van der Waals surface area contributed by atoms with Crippen LogP contribution in [0.1, 0.15) is 22.8 Å². The first-order valence-corrected chi connectivity index (χ1v) is 7.55. The topological polar surface area (TPSA) is 111 Å². The first kappa shape index (κ1) is 17.9. The number of nitro groups is 1. The maximum Gasteiger partial charge on any atom is 0.276 e. The molecule has 0 unspecified atom stereocenters. The average Bonchev–Trinajstić information content (AvgIpc) is 2.64. The molecule has 0 saturated carbocycles. The lowest BCUT2D eigenvalue weighted by Crippen LogP contribution is -2.43. The summed E-state index contributed by atoms with van der Waals surface area (Å²) in [5, 5.41) is 10.6. The molecule has 2 aromatic carbocycles. The number of carbonyl (C=O) groups excluding carboxylic acids is 2. The molecular formula is C17H17N3O5. The molecule has 0 saturated heterocycles. The summed E-state index contributed by atoms with van der Waals surface area (Å²) in [6.45, 7) is 1.78. The van der Waals surface area contributed by atoms with Gasteiger partial charge in [-0.3, -0.25) is 30.6 Å². The third kappa shape index (κ3) is 5.31. The maximum absolute atomic E-state index is 11.8. The van der Waals surface area contributed by atoms with Gasteiger partial charge in [-0.25, -0.2) is 0 Å². The first-order valence-electron chi connectivity index (χ1n) is 7.55. The van der Waals surface area contributed by atoms with Crippen LogP contribution >= 0.6 is 0 Å². The molecule has 2 aromatic rings. The van der Waals surface area contributed by atoms with E-state index >= 15 is 0 Å². The number of aryl methyl sites for hydroxylation is 1. The Bertz CT molecular complexity index is 757. The fraction of sp³-hybridized carbons (Fsp3) is 0.176. The summed E-state index contributed by atoms with van der Waals surface area (Å²) >= 11 is 0. The van der Waals surface area contributed by atoms with Gasteiger partial charge in [-0.05, 0) is 36.2 Å². The van der Waals surface area contributed by atoms with Gasteiger partial charge in [0, 0.05) is 17.7 Å². The minimum atomic E-state index is -0.587. The molecule has 0 spiro atoms. The zero-order valence-electron chi connectivity index (χ0n) is 13.5. The van der Waals surface area contributed by atoms with E-state index in [-0.39, 0.29) is 17.9 Å². The van der Waals surface area contributed by atoms with Crippen molar-refractivity contribution in [3.8, 4) is 5.75 Å². The smallest absolute Gasteiger partial charge is 0.276 e. The van der Waals surface area contributed by atoms with Gasteiger partial charge in [0.1, 0.15) is 5.75 Å². The Morgan fingerprint density at radius 2 is 1.68 bits per heavy atom. The molecule has 8 heteroatoms. The predicted octanol–water partition coefficient (Wildman–Crippen LogP) is 2.00. The van der Waals surface area contributed by atoms with Crippen LogP contribution in [-0.4, -0.2) is 23.3 Å². The summed E-state index contributed by atoms with van der Waals surface area (Å²) in [4.78, 5) is 33.5. The van der Waals surface area contributed by atoms with Crippen LogP contribution in [0.4, 0.5) is 5.69 Å². The van der Waals surface area contributed by atoms with Crippen molar-refractivity contribution >= 4 is 17.5 Å². The Balaban J connectivity index is 1.78. The van der Waals surface area contributed by atoms with E-state index in [4.69, 9.17) is 4.74 Å². The van der Waals surface area contributed by atoms with Crippen molar-refractivity contribution in [2.75, 3.05) is 6.61 Å². The highest BCUT2D eigenvalue weighted by Crippen LogP contribution is 2.12. The number of carbonyl (C=O) groups is 2. The van der Waals surface area contributed by atoms with E-state index in [9.17, 15) is 19.7 Å². The summed E-state index contributed by atoms with van der Waals surface area (Å²) in [5.74, 6) is -0.570. The molecule has 0 aliphatic heterocycles. The number of benzene rings is 2. The Kier molecular flexibility index (Phi) is 6.05. The van der Waals surface area contributed by atoms with Crippen LogP contribution in [-0.2, 0) is 11.2 Å². The van der Waals surface area contributed by atoms with Crippen molar-refractivity contribution in [1.29, 1.82) is 0 Å². The van der Waals surface area contributed by atoms with Crippen LogP contribution in [0.2, 0.25) is 0 Å². The number of nitrogens with one attached hydrogen (secondary N) is 2. The molecule has 2 N–H and O–H groups in total. The highest BCUT2D eigenvalue weighted by Gasteiger charge is 2.10. The SMILES string of the molecule is CCc1ccc(OCC(=O)NNC(=O)c2ccc([N+](=O)[O-])cc2)cc1. The number of nitro benzene ring substituents is 1. The number of ether oxygens (including phenoxy) is 1. The van der Waals surface area contributed by atoms with Gasteiger partial charge in [0.15, 0.2) is 6.61 Å². The molecule has 8 nitrogen and oxygen atoms in total. The molecule has 130 valence electrons. The summed E-state index contributed by atoms with van der Waals surface area (Å²) in [6, 6.07) is 12.4. The molecule has 25 heavy (non-hydrogen) atoms. The van der Waals surface area contributed by atoms with Gasteiger partial charge in [-0.1, -0.05) is 19.1 Å². The number of nitrogens with zero attached hydrogens (tertiary/aromatic N) is 1. The van der Waals surface area contributed by atoms with Gasteiger partial charge in [0.25, 0.3) is 17.5 Å². The van der Waals surface area contributed by atoms with Crippen LogP contribution in [0.5, 0.6) is 5.75 Å². The Hall–Kier alpha value is -3.42. The second kappa shape index (κ2) is 8.44. The van der Waals surface area contributed by atoms with Gasteiger partial charge in [0.05, 0.1) is 4.92 Å². The summed E-state index contributed by atoms with van der Waals surface area (Å²) in [6.07, 6.45) is 0.912. The molecule has 0 fully saturated rings. The van der Waals surface area contributed by atoms with Gasteiger partial charge in [-0.2, -0.15) is 0 Å². The lowest BCUT2D eigenvalue weighted by molar-refractivity contribution is -0.384. The Morgan fingerprint density at radius 1 is 1.04 bits per heavy atom. The lowest BCUT2D eigenvalue weighted by Gasteiger charge is -2.09. The largest absolute Gasteiger partial charge is 0.484 e. The van der Waals surface area contributed by atoms with E-state index in [2.05, 4.69) is 10.9 Å². The Labute approximate surface area is 143 Å². The fourth-order valence-corrected chi connectivity index (χ4v) is 1.94. The van der Waals surface area contributed by atoms with E-state index in [1.165, 1.54) is 24.3 Å². The molecule has 0 aliphatic carbocycles. The quantitative estimate of drug-likeness (QED) is 0.615. The monoisotopic (exact) mass is 343 g/mol. The summed E-state index contributed by atoms with van der Waals surface area (Å²) in [7, 11) is 0. The first-order chi connectivity index (χ1) is 12.0. The van der Waals surface area contributed by atoms with E-state index in [1.807, 2.05) is 19.1 Å². The minimum absolute atomic E-state index is 0.122. The zero-order chi connectivity index (χ0) is 18.2. The van der Waals surface area contributed by atoms with E-state index < -0.39 is 16.7 Å². The maximum atomic E-state index is 11.8. The van der Waals surface area contributed by atoms with Crippen LogP contribution in [0.3, 0.4) is 0 Å². The normalized spacial score (nSPS) is 9.96. The highest BCUT2D eigenvalue weighted by atomic mass is 16.6. The van der Waals surface area contributed by atoms with Gasteiger partial charge < -0.3 is 4.74 Å². The summed E-state index contributed by atoms with van der Waals surface area (Å²) < 4.78 is 5.31. The van der Waals surface area contributed by atoms with Crippen molar-refractivity contribution in [3.05, 3.63) is 69.8 Å². The third-order valence-corrected chi connectivity index (χ3v) is 3.36. The third-order valence-electron chi connectivity index (χ3n) is 3.36. The van der Waals surface area contributed by atoms with Crippen molar-refractivity contribution in [3.63, 3.8) is 0 Å². The van der Waals surface area contributed by atoms with Gasteiger partial charge >= 0.3 is 0 Å². The fourth-order valence-electron chi connectivity index (χ4n) is 1.94. The van der Waals surface area contributed by atoms with Crippen molar-refractivity contribution in [1.82, 2.24) is 10.9 Å². The van der Waals surface area contributed by atoms with E-state index in [1.54, 1.807) is 12.1 Å². The zero-order valence-corrected chi connectivity index (χ0v) is 13.5. The molecule has 0 heterocycles. The molecule has 0 atom stereocenters. The number of hydrogen-bond donors (Lipinski definition) is 2. The van der Waals surface area contributed by atoms with Crippen molar-refractivity contribution < 1.29 is 19.2 Å². The van der Waals surface area contributed by atoms with E-state index in [0.717, 1.165) is 12.0 Å². The highest BCUT2D eigenvalue weighted by molar-refractivity contribution is 5.95. The lowest BCUT2D eigenvalue weighted by atomic mass is 10.2. The van der Waals surface area contributed by atoms with Crippen molar-refractivity contribution in [2.45, 2.75) is 13.3 Å². The standard InChI is InChI=1S/C17H17N3O5/c1-2-12-3-9-15(10-4-12)25-11-16(21)18-19-17(22)13-5-7-14(8-6-13)20(23)24/h3-10H,2,11H2,1H3,(H,18,21)(H,19,22). The van der Waals surface area contributed by atoms with Crippen molar-refractivity contribution in [2.24, 2.45) is 0 Å². The van der Waals surface area contributed by atoms with Crippen LogP contribution in [0.25, 0.3) is 0 Å². The number of rotatable bonds is 6. The summed E-state index contributed by atoms with van der Waals surface area (Å²) in [5.41, 5.74) is 5.65. The number of hydrazine groups is 1. The van der Waals surface area contributed by atoms with E-state index in [0.29, 0.717) is 5.75 Å². The Morgan fingerprint density at radius 3 is 2.24 bits per heavy atom.